The minimum absolute atomic E-state index is 0.00886. The number of ketones is 4. The normalized spacial score (nSPS) is 30.0. The first-order valence-corrected chi connectivity index (χ1v) is 14.2. The number of halogens is 1. The summed E-state index contributed by atoms with van der Waals surface area (Å²) in [5, 5.41) is 22.6. The van der Waals surface area contributed by atoms with E-state index in [0.29, 0.717) is 0 Å². The highest BCUT2D eigenvalue weighted by Gasteiger charge is 2.69. The Bertz CT molecular complexity index is 1380. The van der Waals surface area contributed by atoms with Crippen LogP contribution in [0.15, 0.2) is 6.07 Å². The first-order chi connectivity index (χ1) is 19.1. The molecular weight excluding hydrogens is 545 g/mol. The number of phenolic OH excluding ortho intramolecular Hbond substituents is 1. The maximum Gasteiger partial charge on any atom is 0.235 e. The smallest absolute Gasteiger partial charge is 0.235 e. The lowest BCUT2D eigenvalue weighted by atomic mass is 9.52. The average molecular weight is 588 g/mol. The molecule has 0 heterocycles. The fourth-order valence-electron chi connectivity index (χ4n) is 7.73. The van der Waals surface area contributed by atoms with Crippen LogP contribution in [0.3, 0.4) is 0 Å². The fourth-order valence-corrected chi connectivity index (χ4v) is 7.73. The van der Waals surface area contributed by atoms with Crippen molar-refractivity contribution >= 4 is 29.0 Å². The van der Waals surface area contributed by atoms with Crippen molar-refractivity contribution in [1.82, 2.24) is 9.80 Å². The molecule has 4 rings (SSSR count). The predicted molar refractivity (Wildman–Crippen MR) is 151 cm³/mol. The molecule has 2 saturated carbocycles. The molecule has 0 bridgehead atoms. The molecule has 0 aliphatic heterocycles. The van der Waals surface area contributed by atoms with E-state index in [1.165, 1.54) is 25.1 Å². The number of likely N-dealkylation sites (N-methyl/N-ethyl adjacent to an activating group) is 1. The molecule has 10 nitrogen and oxygen atoms in total. The van der Waals surface area contributed by atoms with E-state index in [1.807, 2.05) is 25.8 Å². The number of primary amides is 1. The second-order valence-electron chi connectivity index (χ2n) is 14.4. The van der Waals surface area contributed by atoms with Crippen molar-refractivity contribution in [3.63, 3.8) is 0 Å². The van der Waals surface area contributed by atoms with Crippen LogP contribution in [0, 0.1) is 34.9 Å². The molecule has 230 valence electrons. The monoisotopic (exact) mass is 587 g/mol. The summed E-state index contributed by atoms with van der Waals surface area (Å²) in [6.07, 6.45) is 0.561. The van der Waals surface area contributed by atoms with Crippen LogP contribution < -0.4 is 5.73 Å². The quantitative estimate of drug-likeness (QED) is 0.421. The lowest BCUT2D eigenvalue weighted by Gasteiger charge is -2.52. The van der Waals surface area contributed by atoms with Crippen LogP contribution in [-0.4, -0.2) is 87.4 Å². The zero-order valence-corrected chi connectivity index (χ0v) is 25.6. The molecule has 6 atom stereocenters. The molecule has 1 aromatic carbocycles. The molecule has 0 radical (unpaired) electrons. The summed E-state index contributed by atoms with van der Waals surface area (Å²) in [6.45, 7) is 10.6. The topological polar surface area (TPSA) is 158 Å². The lowest BCUT2D eigenvalue weighted by molar-refractivity contribution is -0.181. The number of aromatic hydroxyl groups is 1. The summed E-state index contributed by atoms with van der Waals surface area (Å²) in [6, 6.07) is -0.0221. The molecule has 11 heteroatoms. The maximum absolute atomic E-state index is 16.1. The molecule has 2 unspecified atom stereocenters. The van der Waals surface area contributed by atoms with Crippen molar-refractivity contribution in [2.45, 2.75) is 77.6 Å². The Morgan fingerprint density at radius 2 is 1.69 bits per heavy atom. The van der Waals surface area contributed by atoms with Gasteiger partial charge >= 0.3 is 0 Å². The number of aliphatic hydroxyl groups is 1. The van der Waals surface area contributed by atoms with Gasteiger partial charge < -0.3 is 15.9 Å². The molecular formula is C31H42FN3O7. The van der Waals surface area contributed by atoms with E-state index < -0.39 is 75.9 Å². The summed E-state index contributed by atoms with van der Waals surface area (Å²) in [7, 11) is 4.88. The molecule has 42 heavy (non-hydrogen) atoms. The number of carbonyl (C=O) groups excluding carboxylic acids is 5. The van der Waals surface area contributed by atoms with Gasteiger partial charge in [0, 0.05) is 29.1 Å². The Kier molecular flexibility index (Phi) is 7.83. The summed E-state index contributed by atoms with van der Waals surface area (Å²) >= 11 is 0. The number of carbonyl (C=O) groups is 5. The Morgan fingerprint density at radius 1 is 1.10 bits per heavy atom. The van der Waals surface area contributed by atoms with E-state index in [1.54, 1.807) is 0 Å². The number of rotatable bonds is 6. The SMILES string of the molecule is CN(C)[C@@H]1C(=O)C(C(N)=O)C(=O)[C@@]2(O)C(=O)C3C(=O)c4c(O)cc(CN(C)C(C)(C)CC(C)(C)C)c(F)c4C[C@H]3C[C@@H]12. The molecule has 2 fully saturated rings. The third-order valence-corrected chi connectivity index (χ3v) is 9.47. The van der Waals surface area contributed by atoms with Gasteiger partial charge in [0.2, 0.25) is 5.91 Å². The second kappa shape index (κ2) is 10.3. The van der Waals surface area contributed by atoms with Gasteiger partial charge in [-0.15, -0.1) is 0 Å². The van der Waals surface area contributed by atoms with Gasteiger partial charge in [0.15, 0.2) is 34.7 Å². The number of Topliss-reactive ketones (excluding diaryl/α,β-unsaturated/α-hetero) is 4. The van der Waals surface area contributed by atoms with Gasteiger partial charge in [-0.3, -0.25) is 33.8 Å². The number of benzene rings is 1. The zero-order chi connectivity index (χ0) is 31.9. The van der Waals surface area contributed by atoms with Crippen LogP contribution in [-0.2, 0) is 32.1 Å². The van der Waals surface area contributed by atoms with Gasteiger partial charge in [-0.1, -0.05) is 20.8 Å². The highest BCUT2D eigenvalue weighted by Crippen LogP contribution is 2.51. The number of hydrogen-bond acceptors (Lipinski definition) is 9. The molecule has 1 aromatic rings. The molecule has 0 aromatic heterocycles. The molecule has 0 saturated heterocycles. The maximum atomic E-state index is 16.1. The number of phenols is 1. The van der Waals surface area contributed by atoms with Crippen molar-refractivity contribution in [2.75, 3.05) is 21.1 Å². The summed E-state index contributed by atoms with van der Waals surface area (Å²) < 4.78 is 16.1. The third-order valence-electron chi connectivity index (χ3n) is 9.47. The standard InChI is InChI=1S/C31H42FN3O7/c1-29(2,3)13-30(4,5)35(8)12-15-11-18(36)20-16(22(15)32)9-14-10-17-23(34(6)7)25(38)21(28(33)41)27(40)31(17,42)26(39)19(14)24(20)37/h11,14,17,19,21,23,36,42H,9-10,12-13H2,1-8H3,(H2,33,41)/t14-,17-,19?,21?,23-,31-/m0/s1. The summed E-state index contributed by atoms with van der Waals surface area (Å²) in [4.78, 5) is 69.7. The molecule has 0 spiro atoms. The van der Waals surface area contributed by atoms with Gasteiger partial charge in [-0.25, -0.2) is 4.39 Å². The van der Waals surface area contributed by atoms with Gasteiger partial charge in [0.25, 0.3) is 0 Å². The van der Waals surface area contributed by atoms with Crippen molar-refractivity contribution in [3.05, 3.63) is 28.6 Å². The number of nitrogens with two attached hydrogens (primary N) is 1. The predicted octanol–water partition coefficient (Wildman–Crippen LogP) is 1.65. The molecule has 3 aliphatic rings. The van der Waals surface area contributed by atoms with Crippen LogP contribution in [0.25, 0.3) is 0 Å². The second-order valence-corrected chi connectivity index (χ2v) is 14.4. The summed E-state index contributed by atoms with van der Waals surface area (Å²) in [5.74, 6) is -12.4. The van der Waals surface area contributed by atoms with Crippen LogP contribution in [0.5, 0.6) is 5.75 Å². The van der Waals surface area contributed by atoms with Crippen LogP contribution >= 0.6 is 0 Å². The number of nitrogens with zero attached hydrogens (tertiary/aromatic N) is 2. The minimum atomic E-state index is -2.81. The minimum Gasteiger partial charge on any atom is -0.507 e. The highest BCUT2D eigenvalue weighted by atomic mass is 19.1. The lowest BCUT2D eigenvalue weighted by Crippen LogP contribution is -2.74. The van der Waals surface area contributed by atoms with Gasteiger partial charge in [-0.05, 0) is 71.7 Å². The molecule has 4 N–H and O–H groups in total. The number of amides is 1. The Morgan fingerprint density at radius 3 is 2.21 bits per heavy atom. The largest absolute Gasteiger partial charge is 0.507 e. The van der Waals surface area contributed by atoms with E-state index in [0.717, 1.165) is 6.42 Å². The summed E-state index contributed by atoms with van der Waals surface area (Å²) in [5.41, 5.74) is 2.03. The third kappa shape index (κ3) is 4.89. The Hall–Kier alpha value is -3.02. The van der Waals surface area contributed by atoms with Gasteiger partial charge in [0.1, 0.15) is 11.6 Å². The highest BCUT2D eigenvalue weighted by molar-refractivity contribution is 6.32. The van der Waals surface area contributed by atoms with Crippen LogP contribution in [0.2, 0.25) is 0 Å². The number of fused-ring (bicyclic) bond motifs is 3. The van der Waals surface area contributed by atoms with Gasteiger partial charge in [0.05, 0.1) is 17.5 Å². The van der Waals surface area contributed by atoms with E-state index in [2.05, 4.69) is 20.8 Å². The van der Waals surface area contributed by atoms with Crippen LogP contribution in [0.1, 0.15) is 68.9 Å². The fraction of sp³-hybridized carbons (Fsp3) is 0.645. The Labute approximate surface area is 245 Å². The van der Waals surface area contributed by atoms with Crippen molar-refractivity contribution in [2.24, 2.45) is 34.8 Å². The number of hydrogen-bond donors (Lipinski definition) is 3. The van der Waals surface area contributed by atoms with Crippen molar-refractivity contribution in [1.29, 1.82) is 0 Å². The van der Waals surface area contributed by atoms with Crippen LogP contribution in [0.4, 0.5) is 4.39 Å². The van der Waals surface area contributed by atoms with E-state index in [4.69, 9.17) is 5.73 Å². The molecule has 1 amide bonds. The zero-order valence-electron chi connectivity index (χ0n) is 25.6. The van der Waals surface area contributed by atoms with E-state index >= 15 is 4.39 Å². The first kappa shape index (κ1) is 31.9. The van der Waals surface area contributed by atoms with E-state index in [9.17, 15) is 34.2 Å². The first-order valence-electron chi connectivity index (χ1n) is 14.2. The van der Waals surface area contributed by atoms with Crippen molar-refractivity contribution < 1.29 is 38.6 Å². The van der Waals surface area contributed by atoms with E-state index in [-0.39, 0.29) is 47.0 Å². The Balaban J connectivity index is 1.76. The molecule has 3 aliphatic carbocycles. The average Bonchev–Trinajstić information content (AvgIpc) is 2.82. The van der Waals surface area contributed by atoms with Crippen molar-refractivity contribution in [3.8, 4) is 5.75 Å². The van der Waals surface area contributed by atoms with Gasteiger partial charge in [-0.2, -0.15) is 0 Å².